The first-order valence-corrected chi connectivity index (χ1v) is 6.96. The van der Waals surface area contributed by atoms with Crippen molar-refractivity contribution in [3.63, 3.8) is 0 Å². The average Bonchev–Trinajstić information content (AvgIpc) is 3.12. The molecule has 0 fully saturated rings. The summed E-state index contributed by atoms with van der Waals surface area (Å²) >= 11 is 1.38. The zero-order valence-electron chi connectivity index (χ0n) is 10.6. The predicted octanol–water partition coefficient (Wildman–Crippen LogP) is 2.17. The van der Waals surface area contributed by atoms with Gasteiger partial charge < -0.3 is 0 Å². The summed E-state index contributed by atoms with van der Waals surface area (Å²) in [6.07, 6.45) is 0. The molecule has 100 valence electrons. The third-order valence-corrected chi connectivity index (χ3v) is 4.37. The molecule has 3 heterocycles. The van der Waals surface area contributed by atoms with E-state index in [1.54, 1.807) is 4.52 Å². The number of nitrogens with zero attached hydrogens (tertiary/aromatic N) is 4. The summed E-state index contributed by atoms with van der Waals surface area (Å²) in [5.74, 6) is 0. The predicted molar refractivity (Wildman–Crippen MR) is 79.1 cm³/mol. The van der Waals surface area contributed by atoms with Crippen LogP contribution in [0.3, 0.4) is 0 Å². The van der Waals surface area contributed by atoms with E-state index >= 15 is 0 Å². The zero-order valence-corrected chi connectivity index (χ0v) is 11.4. The number of aromatic amines is 1. The van der Waals surface area contributed by atoms with Gasteiger partial charge in [-0.05, 0) is 11.6 Å². The molecule has 3 aromatic heterocycles. The fourth-order valence-electron chi connectivity index (χ4n) is 2.24. The maximum Gasteiger partial charge on any atom is 0.291 e. The van der Waals surface area contributed by atoms with Gasteiger partial charge in [-0.15, -0.1) is 16.4 Å². The van der Waals surface area contributed by atoms with E-state index in [1.165, 1.54) is 11.3 Å². The molecule has 0 aliphatic heterocycles. The number of aromatic nitrogens is 4. The van der Waals surface area contributed by atoms with Crippen LogP contribution in [-0.2, 0) is 0 Å². The van der Waals surface area contributed by atoms with E-state index in [1.807, 2.05) is 42.5 Å². The molecule has 4 rings (SSSR count). The Morgan fingerprint density at radius 1 is 1.29 bits per heavy atom. The minimum absolute atomic E-state index is 0.112. The van der Waals surface area contributed by atoms with Gasteiger partial charge in [0, 0.05) is 4.88 Å². The number of hydrogen-bond donors (Lipinski definition) is 1. The molecule has 1 N–H and O–H groups in total. The van der Waals surface area contributed by atoms with Gasteiger partial charge in [-0.25, -0.2) is 9.73 Å². The van der Waals surface area contributed by atoms with Crippen molar-refractivity contribution in [1.29, 1.82) is 5.26 Å². The van der Waals surface area contributed by atoms with Gasteiger partial charge in [0.2, 0.25) is 5.69 Å². The molecule has 0 saturated carbocycles. The van der Waals surface area contributed by atoms with Gasteiger partial charge in [-0.2, -0.15) is 10.2 Å². The molecule has 0 unspecified atom stereocenters. The summed E-state index contributed by atoms with van der Waals surface area (Å²) in [7, 11) is 0. The van der Waals surface area contributed by atoms with E-state index in [2.05, 4.69) is 15.3 Å². The Labute approximate surface area is 121 Å². The second-order valence-corrected chi connectivity index (χ2v) is 5.49. The second kappa shape index (κ2) is 4.26. The highest BCUT2D eigenvalue weighted by molar-refractivity contribution is 7.22. The van der Waals surface area contributed by atoms with Crippen LogP contribution in [0.1, 0.15) is 5.69 Å². The van der Waals surface area contributed by atoms with Gasteiger partial charge in [0.15, 0.2) is 5.65 Å². The van der Waals surface area contributed by atoms with Crippen LogP contribution in [0.4, 0.5) is 0 Å². The smallest absolute Gasteiger partial charge is 0.266 e. The van der Waals surface area contributed by atoms with Crippen LogP contribution in [0.2, 0.25) is 0 Å². The van der Waals surface area contributed by atoms with Gasteiger partial charge in [0.1, 0.15) is 10.8 Å². The maximum absolute atomic E-state index is 12.1. The SMILES string of the molecule is N#Cc1n[nH]n2c1nc(=O)c1sc(-c3ccccc3)cc12. The lowest BCUT2D eigenvalue weighted by molar-refractivity contribution is 0.872. The Bertz CT molecular complexity index is 1070. The van der Waals surface area contributed by atoms with Crippen molar-refractivity contribution in [3.05, 3.63) is 52.4 Å². The van der Waals surface area contributed by atoms with E-state index in [0.29, 0.717) is 10.2 Å². The van der Waals surface area contributed by atoms with Crippen LogP contribution in [0, 0.1) is 11.3 Å². The van der Waals surface area contributed by atoms with Crippen LogP contribution >= 0.6 is 11.3 Å². The van der Waals surface area contributed by atoms with Gasteiger partial charge in [-0.1, -0.05) is 30.3 Å². The Balaban J connectivity index is 2.10. The molecule has 6 nitrogen and oxygen atoms in total. The van der Waals surface area contributed by atoms with Crippen molar-refractivity contribution in [3.8, 4) is 16.5 Å². The Kier molecular flexibility index (Phi) is 2.40. The molecular weight excluding hydrogens is 286 g/mol. The van der Waals surface area contributed by atoms with E-state index in [9.17, 15) is 4.79 Å². The molecule has 0 saturated heterocycles. The van der Waals surface area contributed by atoms with E-state index in [4.69, 9.17) is 5.26 Å². The molecule has 4 aromatic rings. The Hall–Kier alpha value is -2.98. The lowest BCUT2D eigenvalue weighted by Gasteiger charge is -1.93. The number of nitriles is 1. The molecule has 0 amide bonds. The summed E-state index contributed by atoms with van der Waals surface area (Å²) in [6, 6.07) is 13.6. The van der Waals surface area contributed by atoms with Crippen LogP contribution in [0.5, 0.6) is 0 Å². The summed E-state index contributed by atoms with van der Waals surface area (Å²) < 4.78 is 2.11. The number of benzene rings is 1. The summed E-state index contributed by atoms with van der Waals surface area (Å²) in [6.45, 7) is 0. The minimum Gasteiger partial charge on any atom is -0.266 e. The highest BCUT2D eigenvalue weighted by atomic mass is 32.1. The molecule has 0 aliphatic rings. The third kappa shape index (κ3) is 1.67. The summed E-state index contributed by atoms with van der Waals surface area (Å²) in [5.41, 5.74) is 1.75. The quantitative estimate of drug-likeness (QED) is 0.582. The van der Waals surface area contributed by atoms with Crippen LogP contribution < -0.4 is 5.56 Å². The Morgan fingerprint density at radius 3 is 2.86 bits per heavy atom. The van der Waals surface area contributed by atoms with Gasteiger partial charge in [-0.3, -0.25) is 4.79 Å². The Morgan fingerprint density at radius 2 is 2.10 bits per heavy atom. The molecule has 0 spiro atoms. The van der Waals surface area contributed by atoms with Gasteiger partial charge in [0.25, 0.3) is 5.56 Å². The second-order valence-electron chi connectivity index (χ2n) is 4.44. The zero-order chi connectivity index (χ0) is 14.4. The van der Waals surface area contributed by atoms with Crippen molar-refractivity contribution in [2.75, 3.05) is 0 Å². The van der Waals surface area contributed by atoms with E-state index in [-0.39, 0.29) is 16.9 Å². The lowest BCUT2D eigenvalue weighted by atomic mass is 10.2. The molecule has 0 bridgehead atoms. The maximum atomic E-state index is 12.1. The van der Waals surface area contributed by atoms with Crippen LogP contribution in [0.25, 0.3) is 26.3 Å². The van der Waals surface area contributed by atoms with E-state index in [0.717, 1.165) is 10.4 Å². The standard InChI is InChI=1S/C14H7N5OS/c15-7-9-13-16-14(20)12-10(19(13)18-17-9)6-11(21-12)8-4-2-1-3-5-8/h1-6,18H. The highest BCUT2D eigenvalue weighted by Gasteiger charge is 2.15. The number of thiophene rings is 1. The summed E-state index contributed by atoms with van der Waals surface area (Å²) in [4.78, 5) is 17.1. The van der Waals surface area contributed by atoms with Gasteiger partial charge in [0.05, 0.1) is 5.52 Å². The van der Waals surface area contributed by atoms with Crippen LogP contribution in [-0.4, -0.2) is 19.8 Å². The van der Waals surface area contributed by atoms with E-state index < -0.39 is 0 Å². The molecule has 0 aliphatic carbocycles. The largest absolute Gasteiger partial charge is 0.291 e. The lowest BCUT2D eigenvalue weighted by Crippen LogP contribution is -2.08. The fourth-order valence-corrected chi connectivity index (χ4v) is 3.27. The minimum atomic E-state index is -0.338. The van der Waals surface area contributed by atoms with Crippen molar-refractivity contribution in [2.24, 2.45) is 0 Å². The molecular formula is C14H7N5OS. The average molecular weight is 293 g/mol. The van der Waals surface area contributed by atoms with Gasteiger partial charge >= 0.3 is 0 Å². The van der Waals surface area contributed by atoms with Crippen molar-refractivity contribution in [2.45, 2.75) is 0 Å². The first-order chi connectivity index (χ1) is 10.3. The van der Waals surface area contributed by atoms with Crippen molar-refractivity contribution < 1.29 is 0 Å². The molecule has 21 heavy (non-hydrogen) atoms. The van der Waals surface area contributed by atoms with Crippen molar-refractivity contribution in [1.82, 2.24) is 19.8 Å². The number of H-pyrrole nitrogens is 1. The number of nitrogens with one attached hydrogen (secondary N) is 1. The molecule has 1 aromatic carbocycles. The first kappa shape index (κ1) is 11.8. The third-order valence-electron chi connectivity index (χ3n) is 3.20. The molecule has 7 heteroatoms. The number of fused-ring (bicyclic) bond motifs is 3. The molecule has 0 atom stereocenters. The number of rotatable bonds is 1. The van der Waals surface area contributed by atoms with Crippen LogP contribution in [0.15, 0.2) is 41.2 Å². The monoisotopic (exact) mass is 293 g/mol. The normalized spacial score (nSPS) is 11.0. The first-order valence-electron chi connectivity index (χ1n) is 6.14. The number of hydrogen-bond acceptors (Lipinski definition) is 5. The highest BCUT2D eigenvalue weighted by Crippen LogP contribution is 2.31. The molecule has 0 radical (unpaired) electrons. The fraction of sp³-hybridized carbons (Fsp3) is 0. The summed E-state index contributed by atoms with van der Waals surface area (Å²) in [5, 5.41) is 15.6. The van der Waals surface area contributed by atoms with Crippen molar-refractivity contribution >= 4 is 27.2 Å². The topological polar surface area (TPSA) is 86.8 Å².